The topological polar surface area (TPSA) is 285 Å². The number of nitrogens with one attached hydrogen (secondary N) is 3. The van der Waals surface area contributed by atoms with E-state index in [4.69, 9.17) is 27.8 Å². The van der Waals surface area contributed by atoms with Gasteiger partial charge in [-0.1, -0.05) is 23.7 Å². The number of carbonyl (C=O) groups excluding carboxylic acids is 7. The van der Waals surface area contributed by atoms with E-state index in [0.29, 0.717) is 47.4 Å². The number of amides is 6. The molecular formula is C37H45ClN7O11P. The number of benzene rings is 2. The van der Waals surface area contributed by atoms with Crippen LogP contribution in [-0.4, -0.2) is 109 Å². The number of rotatable bonds is 16. The predicted octanol–water partition coefficient (Wildman–Crippen LogP) is 1.49. The normalized spacial score (nSPS) is 18.9. The fourth-order valence-corrected chi connectivity index (χ4v) is 7.88. The average molecular weight is 830 g/mol. The van der Waals surface area contributed by atoms with Gasteiger partial charge < -0.3 is 51.4 Å². The number of aryl methyl sites for hydroxylation is 1. The van der Waals surface area contributed by atoms with Crippen molar-refractivity contribution >= 4 is 71.1 Å². The summed E-state index contributed by atoms with van der Waals surface area (Å²) in [4.78, 5) is 114. The van der Waals surface area contributed by atoms with Crippen molar-refractivity contribution in [2.75, 3.05) is 19.7 Å². The van der Waals surface area contributed by atoms with Crippen molar-refractivity contribution < 1.29 is 52.7 Å². The Morgan fingerprint density at radius 2 is 1.77 bits per heavy atom. The summed E-state index contributed by atoms with van der Waals surface area (Å²) in [7, 11) is -5.06. The molecule has 3 aromatic rings. The van der Waals surface area contributed by atoms with E-state index in [0.717, 1.165) is 5.56 Å². The van der Waals surface area contributed by atoms with Gasteiger partial charge in [-0.2, -0.15) is 0 Å². The largest absolute Gasteiger partial charge is 0.490 e. The number of H-pyrrole nitrogens is 1. The molecule has 0 bridgehead atoms. The minimum absolute atomic E-state index is 0.0316. The molecule has 2 aliphatic rings. The first kappa shape index (κ1) is 42.8. The number of aromatic nitrogens is 1. The Kier molecular flexibility index (Phi) is 13.8. The lowest BCUT2D eigenvalue weighted by atomic mass is 10.1. The highest BCUT2D eigenvalue weighted by atomic mass is 35.5. The highest BCUT2D eigenvalue weighted by Gasteiger charge is 2.45. The second kappa shape index (κ2) is 18.3. The third-order valence-electron chi connectivity index (χ3n) is 10.1. The van der Waals surface area contributed by atoms with Crippen LogP contribution in [0, 0.1) is 0 Å². The molecule has 2 aliphatic heterocycles. The van der Waals surface area contributed by atoms with E-state index in [9.17, 15) is 47.9 Å². The van der Waals surface area contributed by atoms with E-state index in [2.05, 4.69) is 15.6 Å². The minimum Gasteiger partial charge on any atom is -0.490 e. The van der Waals surface area contributed by atoms with Crippen molar-refractivity contribution in [1.29, 1.82) is 0 Å². The zero-order valence-electron chi connectivity index (χ0n) is 31.1. The number of hydrogen-bond acceptors (Lipinski definition) is 9. The first-order valence-electron chi connectivity index (χ1n) is 18.3. The highest BCUT2D eigenvalue weighted by Crippen LogP contribution is 2.39. The number of carbonyl (C=O) groups is 7. The molecule has 2 fully saturated rings. The van der Waals surface area contributed by atoms with Gasteiger partial charge in [0.1, 0.15) is 30.1 Å². The maximum atomic E-state index is 14.4. The van der Waals surface area contributed by atoms with Gasteiger partial charge in [-0.3, -0.25) is 38.1 Å². The molecule has 0 spiro atoms. The zero-order chi connectivity index (χ0) is 41.6. The maximum Gasteiger partial charge on any atom is 0.396 e. The summed E-state index contributed by atoms with van der Waals surface area (Å²) in [5, 5.41) is 6.22. The van der Waals surface area contributed by atoms with Gasteiger partial charge in [0.05, 0.1) is 11.1 Å². The molecule has 0 radical (unpaired) electrons. The standard InChI is InChI=1S/C37H45ClN7O11P/c1-20(46)44-15-14-25-10-12-29(35(50)41-24(9-13-32(40)48)19-56-30-6-2-4-21(33(30)38)5-3-7-31(39)47)45(25)36(51)28(18-44)43-34(49)27-17-23-16-22(8-11-26(23)42-27)37(52)57(53,54)55/h2,4,6,8,11,16-17,24-25,28-29,42H,3,5,7,9-10,12-15,18-19H2,1H3,(H2,39,47)(H2,40,48)(H,41,50)(H,43,49)(H2,53,54,55). The summed E-state index contributed by atoms with van der Waals surface area (Å²) >= 11 is 6.60. The van der Waals surface area contributed by atoms with Crippen LogP contribution in [0.5, 0.6) is 5.75 Å². The lowest BCUT2D eigenvalue weighted by Crippen LogP contribution is -2.61. The molecule has 5 rings (SSSR count). The minimum atomic E-state index is -5.06. The Balaban J connectivity index is 1.33. The molecule has 306 valence electrons. The van der Waals surface area contributed by atoms with E-state index < -0.39 is 66.8 Å². The molecule has 9 N–H and O–H groups in total. The lowest BCUT2D eigenvalue weighted by molar-refractivity contribution is -0.145. The summed E-state index contributed by atoms with van der Waals surface area (Å²) in [6, 6.07) is 6.94. The van der Waals surface area contributed by atoms with Crippen LogP contribution in [0.15, 0.2) is 42.5 Å². The van der Waals surface area contributed by atoms with E-state index >= 15 is 0 Å². The smallest absolute Gasteiger partial charge is 0.396 e. The number of halogens is 1. The van der Waals surface area contributed by atoms with Crippen LogP contribution in [0.4, 0.5) is 0 Å². The molecule has 20 heteroatoms. The monoisotopic (exact) mass is 829 g/mol. The molecule has 2 aromatic carbocycles. The summed E-state index contributed by atoms with van der Waals surface area (Å²) in [5.41, 5.74) is 10.1. The fourth-order valence-electron chi connectivity index (χ4n) is 7.13. The Hall–Kier alpha value is -5.29. The van der Waals surface area contributed by atoms with Crippen molar-refractivity contribution in [2.24, 2.45) is 11.5 Å². The first-order chi connectivity index (χ1) is 26.9. The predicted molar refractivity (Wildman–Crippen MR) is 206 cm³/mol. The molecule has 1 aromatic heterocycles. The third kappa shape index (κ3) is 10.8. The molecule has 6 amide bonds. The molecule has 0 aliphatic carbocycles. The first-order valence-corrected chi connectivity index (χ1v) is 20.3. The average Bonchev–Trinajstić information content (AvgIpc) is 3.77. The van der Waals surface area contributed by atoms with Gasteiger partial charge in [-0.25, -0.2) is 0 Å². The number of nitrogens with two attached hydrogens (primary N) is 2. The van der Waals surface area contributed by atoms with Crippen LogP contribution in [-0.2, 0) is 35.0 Å². The molecule has 4 atom stereocenters. The second-order valence-corrected chi connectivity index (χ2v) is 16.0. The van der Waals surface area contributed by atoms with Crippen LogP contribution >= 0.6 is 19.2 Å². The molecule has 2 saturated heterocycles. The van der Waals surface area contributed by atoms with E-state index in [1.165, 1.54) is 41.0 Å². The number of fused-ring (bicyclic) bond motifs is 2. The van der Waals surface area contributed by atoms with Crippen molar-refractivity contribution in [3.8, 4) is 5.75 Å². The summed E-state index contributed by atoms with van der Waals surface area (Å²) < 4.78 is 17.5. The molecule has 57 heavy (non-hydrogen) atoms. The van der Waals surface area contributed by atoms with Gasteiger partial charge in [0.2, 0.25) is 29.5 Å². The Morgan fingerprint density at radius 1 is 1.04 bits per heavy atom. The van der Waals surface area contributed by atoms with Crippen molar-refractivity contribution in [1.82, 2.24) is 25.4 Å². The Bertz CT molecular complexity index is 2120. The van der Waals surface area contributed by atoms with Crippen molar-refractivity contribution in [3.05, 3.63) is 64.3 Å². The summed E-state index contributed by atoms with van der Waals surface area (Å²) in [5.74, 6) is -2.86. The third-order valence-corrected chi connectivity index (χ3v) is 11.3. The Labute approximate surface area is 332 Å². The molecular weight excluding hydrogens is 785 g/mol. The molecule has 4 unspecified atom stereocenters. The summed E-state index contributed by atoms with van der Waals surface area (Å²) in [6.07, 6.45) is 2.30. The molecule has 0 saturated carbocycles. The van der Waals surface area contributed by atoms with E-state index in [1.54, 1.807) is 18.2 Å². The fraction of sp³-hybridized carbons (Fsp3) is 0.432. The van der Waals surface area contributed by atoms with Gasteiger partial charge in [0.25, 0.3) is 11.4 Å². The zero-order valence-corrected chi connectivity index (χ0v) is 32.7. The van der Waals surface area contributed by atoms with Crippen LogP contribution in [0.3, 0.4) is 0 Å². The van der Waals surface area contributed by atoms with Crippen LogP contribution in [0.1, 0.15) is 78.3 Å². The van der Waals surface area contributed by atoms with Crippen LogP contribution in [0.25, 0.3) is 10.9 Å². The van der Waals surface area contributed by atoms with E-state index in [-0.39, 0.29) is 62.5 Å². The van der Waals surface area contributed by atoms with E-state index in [1.807, 2.05) is 0 Å². The lowest BCUT2D eigenvalue weighted by Gasteiger charge is -2.38. The van der Waals surface area contributed by atoms with Gasteiger partial charge in [-0.05, 0) is 74.4 Å². The number of primary amides is 2. The van der Waals surface area contributed by atoms with Crippen LogP contribution in [0.2, 0.25) is 5.02 Å². The van der Waals surface area contributed by atoms with Gasteiger partial charge in [-0.15, -0.1) is 0 Å². The number of aromatic amines is 1. The summed E-state index contributed by atoms with van der Waals surface area (Å²) in [6.45, 7) is 1.32. The van der Waals surface area contributed by atoms with Gasteiger partial charge in [0, 0.05) is 55.4 Å². The SMILES string of the molecule is CC(=O)N1CCC2CCC(C(=O)NC(CCC(N)=O)COc3cccc(CCCC(N)=O)c3Cl)N2C(=O)C(NC(=O)c2cc3cc(C(=O)P(=O)(O)O)ccc3[nH]2)C1. The van der Waals surface area contributed by atoms with Crippen molar-refractivity contribution in [3.63, 3.8) is 0 Å². The number of nitrogens with zero attached hydrogens (tertiary/aromatic N) is 2. The van der Waals surface area contributed by atoms with Gasteiger partial charge in [0.15, 0.2) is 0 Å². The second-order valence-electron chi connectivity index (χ2n) is 14.2. The quantitative estimate of drug-likeness (QED) is 0.102. The molecule has 3 heterocycles. The number of ether oxygens (including phenoxy) is 1. The highest BCUT2D eigenvalue weighted by molar-refractivity contribution is 7.70. The molecule has 18 nitrogen and oxygen atoms in total. The van der Waals surface area contributed by atoms with Crippen molar-refractivity contribution in [2.45, 2.75) is 82.5 Å². The maximum absolute atomic E-state index is 14.4. The van der Waals surface area contributed by atoms with Crippen LogP contribution < -0.4 is 26.8 Å². The van der Waals surface area contributed by atoms with Gasteiger partial charge >= 0.3 is 7.60 Å². The number of hydrogen-bond donors (Lipinski definition) is 7. The Morgan fingerprint density at radius 3 is 2.46 bits per heavy atom.